The number of hydrogen-bond donors (Lipinski definition) is 1. The molecule has 6 heteroatoms. The molecular formula is C23H34Cl2NOSiTi. The van der Waals surface area contributed by atoms with E-state index in [1.165, 1.54) is 33.0 Å². The van der Waals surface area contributed by atoms with Gasteiger partial charge in [0, 0.05) is 0 Å². The summed E-state index contributed by atoms with van der Waals surface area (Å²) in [4.78, 5) is 13.2. The van der Waals surface area contributed by atoms with Crippen LogP contribution in [0.2, 0.25) is 13.1 Å². The number of carbonyl (C=O) groups excluding carboxylic acids is 1. The SMILES string of the molecule is Cc1c(C2=CC=CC2)c(C(C)(C)C)c(C(=O)[NH][Ti+2])c([SiH](C)C)c1C(C)(C)C.[Cl-].[Cl-]. The smallest absolute Gasteiger partial charge is 1.00 e. The molecule has 0 atom stereocenters. The van der Waals surface area contributed by atoms with E-state index in [0.717, 1.165) is 12.0 Å². The van der Waals surface area contributed by atoms with Crippen molar-refractivity contribution in [1.29, 1.82) is 0 Å². The summed E-state index contributed by atoms with van der Waals surface area (Å²) in [6.07, 6.45) is 7.52. The zero-order valence-corrected chi connectivity index (χ0v) is 23.4. The molecule has 0 aliphatic heterocycles. The van der Waals surface area contributed by atoms with Crippen LogP contribution in [0.3, 0.4) is 0 Å². The van der Waals surface area contributed by atoms with Gasteiger partial charge in [0.1, 0.15) is 0 Å². The number of nitrogens with one attached hydrogen (secondary N) is 1. The first-order valence-electron chi connectivity index (χ1n) is 9.86. The maximum absolute atomic E-state index is 13.2. The first-order valence-corrected chi connectivity index (χ1v) is 13.5. The third-order valence-corrected chi connectivity index (χ3v) is 7.39. The van der Waals surface area contributed by atoms with Gasteiger partial charge in [0.05, 0.1) is 0 Å². The van der Waals surface area contributed by atoms with E-state index in [2.05, 4.69) is 83.6 Å². The molecule has 1 aliphatic carbocycles. The van der Waals surface area contributed by atoms with Gasteiger partial charge < -0.3 is 24.8 Å². The van der Waals surface area contributed by atoms with Crippen LogP contribution in [0, 0.1) is 6.92 Å². The average Bonchev–Trinajstić information content (AvgIpc) is 3.04. The summed E-state index contributed by atoms with van der Waals surface area (Å²) in [7, 11) is -1.26. The molecule has 0 bridgehead atoms. The summed E-state index contributed by atoms with van der Waals surface area (Å²) in [5.41, 5.74) is 7.45. The minimum absolute atomic E-state index is 0. The van der Waals surface area contributed by atoms with Crippen molar-refractivity contribution < 1.29 is 50.3 Å². The third kappa shape index (κ3) is 5.68. The number of rotatable bonds is 3. The Hall–Kier alpha value is -0.319. The van der Waals surface area contributed by atoms with Gasteiger partial charge in [-0.05, 0) is 0 Å². The Morgan fingerprint density at radius 2 is 1.55 bits per heavy atom. The minimum Gasteiger partial charge on any atom is -1.00 e. The minimum atomic E-state index is -1.26. The molecular weight excluding hydrogens is 453 g/mol. The Morgan fingerprint density at radius 3 is 1.90 bits per heavy atom. The van der Waals surface area contributed by atoms with Crippen LogP contribution >= 0.6 is 0 Å². The van der Waals surface area contributed by atoms with Gasteiger partial charge in [-0.15, -0.1) is 0 Å². The molecule has 0 saturated heterocycles. The Balaban J connectivity index is 0.00000392. The Bertz CT molecular complexity index is 831. The summed E-state index contributed by atoms with van der Waals surface area (Å²) in [5, 5.41) is 1.35. The average molecular weight is 487 g/mol. The summed E-state index contributed by atoms with van der Waals surface area (Å²) in [6, 6.07) is 0. The predicted octanol–water partition coefficient (Wildman–Crippen LogP) is -1.17. The van der Waals surface area contributed by atoms with Crippen LogP contribution in [0.4, 0.5) is 0 Å². The summed E-state index contributed by atoms with van der Waals surface area (Å²) < 4.78 is 2.95. The summed E-state index contributed by atoms with van der Waals surface area (Å²) in [6.45, 7) is 20.5. The zero-order chi connectivity index (χ0) is 20.7. The largest absolute Gasteiger partial charge is 1.00 e. The summed E-state index contributed by atoms with van der Waals surface area (Å²) in [5.74, 6) is 0.0643. The molecule has 1 aromatic rings. The number of benzene rings is 1. The van der Waals surface area contributed by atoms with Gasteiger partial charge in [-0.3, -0.25) is 0 Å². The maximum Gasteiger partial charge on any atom is -1.00 e. The van der Waals surface area contributed by atoms with Crippen molar-refractivity contribution in [2.75, 3.05) is 0 Å². The number of allylic oxidation sites excluding steroid dienone is 4. The second-order valence-electron chi connectivity index (χ2n) is 9.97. The van der Waals surface area contributed by atoms with Crippen molar-refractivity contribution in [3.8, 4) is 0 Å². The van der Waals surface area contributed by atoms with Crippen molar-refractivity contribution in [2.24, 2.45) is 0 Å². The molecule has 2 nitrogen and oxygen atoms in total. The van der Waals surface area contributed by atoms with E-state index >= 15 is 0 Å². The van der Waals surface area contributed by atoms with Crippen LogP contribution in [0.1, 0.15) is 80.6 Å². The molecule has 1 amide bonds. The van der Waals surface area contributed by atoms with Crippen LogP contribution in [-0.4, -0.2) is 14.7 Å². The van der Waals surface area contributed by atoms with E-state index in [4.69, 9.17) is 0 Å². The van der Waals surface area contributed by atoms with E-state index < -0.39 is 8.80 Å². The molecule has 0 unspecified atom stereocenters. The predicted molar refractivity (Wildman–Crippen MR) is 116 cm³/mol. The molecule has 0 fully saturated rings. The van der Waals surface area contributed by atoms with Crippen molar-refractivity contribution in [2.45, 2.75) is 78.8 Å². The third-order valence-electron chi connectivity index (χ3n) is 5.30. The standard InChI is InChI=1S/C23H35NOSi.2ClH.Ti/c1-14-16(15-12-10-11-13-15)19(23(5,6)7)17(21(24)25)20(26(8)9)18(14)22(2,3)4;;;/h10-12,26H,13H2,1-9H3,(H2,24,25);2*1H;/q;;;+3/p-3. The number of amides is 1. The van der Waals surface area contributed by atoms with E-state index in [1.54, 1.807) is 20.7 Å². The quantitative estimate of drug-likeness (QED) is 0.536. The van der Waals surface area contributed by atoms with E-state index in [-0.39, 0.29) is 41.6 Å². The van der Waals surface area contributed by atoms with E-state index in [9.17, 15) is 4.79 Å². The Morgan fingerprint density at radius 1 is 1.03 bits per heavy atom. The van der Waals surface area contributed by atoms with Crippen LogP contribution < -0.4 is 33.8 Å². The van der Waals surface area contributed by atoms with Gasteiger partial charge in [-0.2, -0.15) is 0 Å². The van der Waals surface area contributed by atoms with Crippen molar-refractivity contribution in [3.63, 3.8) is 0 Å². The molecule has 29 heavy (non-hydrogen) atoms. The first-order chi connectivity index (χ1) is 12.3. The molecule has 2 rings (SSSR count). The van der Waals surface area contributed by atoms with Gasteiger partial charge in [0.2, 0.25) is 0 Å². The molecule has 1 N–H and O–H groups in total. The molecule has 0 radical (unpaired) electrons. The number of carbonyl (C=O) groups is 1. The Kier molecular flexibility index (Phi) is 10.2. The van der Waals surface area contributed by atoms with Crippen LogP contribution in [0.5, 0.6) is 0 Å². The monoisotopic (exact) mass is 486 g/mol. The second kappa shape index (κ2) is 10.3. The maximum atomic E-state index is 13.2. The van der Waals surface area contributed by atoms with Crippen molar-refractivity contribution in [3.05, 3.63) is 46.0 Å². The van der Waals surface area contributed by atoms with Crippen molar-refractivity contribution >= 4 is 25.5 Å². The number of hydrogen-bond acceptors (Lipinski definition) is 1. The fourth-order valence-electron chi connectivity index (χ4n) is 4.53. The Labute approximate surface area is 203 Å². The molecule has 0 heterocycles. The number of halogens is 2. The molecule has 1 aliphatic rings. The zero-order valence-electron chi connectivity index (χ0n) is 19.2. The molecule has 0 spiro atoms. The molecule has 159 valence electrons. The van der Waals surface area contributed by atoms with Gasteiger partial charge >= 0.3 is 180 Å². The second-order valence-corrected chi connectivity index (χ2v) is 13.2. The first kappa shape index (κ1) is 28.7. The topological polar surface area (TPSA) is 29.1 Å². The molecule has 0 aromatic heterocycles. The van der Waals surface area contributed by atoms with Crippen molar-refractivity contribution in [1.82, 2.24) is 3.80 Å². The van der Waals surface area contributed by atoms with E-state index in [1.807, 2.05) is 0 Å². The molecule has 1 aromatic carbocycles. The fourth-order valence-corrected chi connectivity index (χ4v) is 6.80. The van der Waals surface area contributed by atoms with Crippen LogP contribution in [-0.2, 0) is 31.5 Å². The normalized spacial score (nSPS) is 13.7. The van der Waals surface area contributed by atoms with Crippen LogP contribution in [0.15, 0.2) is 18.2 Å². The fraction of sp³-hybridized carbons (Fsp3) is 0.522. The van der Waals surface area contributed by atoms with Gasteiger partial charge in [0.25, 0.3) is 0 Å². The molecule has 0 saturated carbocycles. The summed E-state index contributed by atoms with van der Waals surface area (Å²) >= 11 is 1.76. The van der Waals surface area contributed by atoms with Gasteiger partial charge in [-0.1, -0.05) is 0 Å². The van der Waals surface area contributed by atoms with Crippen LogP contribution in [0.25, 0.3) is 5.57 Å². The van der Waals surface area contributed by atoms with Gasteiger partial charge in [0.15, 0.2) is 0 Å². The van der Waals surface area contributed by atoms with E-state index in [0.29, 0.717) is 0 Å². The van der Waals surface area contributed by atoms with Gasteiger partial charge in [-0.25, -0.2) is 0 Å².